The Bertz CT molecular complexity index is 1200. The lowest BCUT2D eigenvalue weighted by atomic mass is 10.0. The van der Waals surface area contributed by atoms with E-state index in [1.54, 1.807) is 7.11 Å². The lowest BCUT2D eigenvalue weighted by molar-refractivity contribution is -0.112. The molecule has 0 fully saturated rings. The van der Waals surface area contributed by atoms with Crippen LogP contribution in [0.25, 0.3) is 12.2 Å². The predicted octanol–water partition coefficient (Wildman–Crippen LogP) is 2.19. The van der Waals surface area contributed by atoms with Crippen molar-refractivity contribution < 1.29 is 14.3 Å². The molecule has 0 spiro atoms. The van der Waals surface area contributed by atoms with E-state index in [0.29, 0.717) is 9.20 Å². The average Bonchev–Trinajstić information content (AvgIpc) is 3.06. The SMILES string of the molecule is COc1ccc(CC(=O)/C=c2\[nH]c(=O)/c(=C/c3ccc4c(c3)CCCO4)s2)cc1. The smallest absolute Gasteiger partial charge is 0.266 e. The maximum absolute atomic E-state index is 12.3. The van der Waals surface area contributed by atoms with Gasteiger partial charge in [-0.15, -0.1) is 11.3 Å². The van der Waals surface area contributed by atoms with Gasteiger partial charge in [-0.05, 0) is 59.9 Å². The number of carbonyl (C=O) groups is 1. The summed E-state index contributed by atoms with van der Waals surface area (Å²) in [5.74, 6) is 1.61. The minimum atomic E-state index is -0.188. The Morgan fingerprint density at radius 3 is 2.86 bits per heavy atom. The Morgan fingerprint density at radius 2 is 2.07 bits per heavy atom. The van der Waals surface area contributed by atoms with E-state index in [1.165, 1.54) is 23.0 Å². The topological polar surface area (TPSA) is 68.4 Å². The Balaban J connectivity index is 1.56. The highest BCUT2D eigenvalue weighted by molar-refractivity contribution is 7.07. The van der Waals surface area contributed by atoms with Crippen molar-refractivity contribution in [3.8, 4) is 11.5 Å². The van der Waals surface area contributed by atoms with E-state index >= 15 is 0 Å². The molecule has 29 heavy (non-hydrogen) atoms. The molecule has 4 rings (SSSR count). The first-order valence-electron chi connectivity index (χ1n) is 9.45. The van der Waals surface area contributed by atoms with Crippen LogP contribution in [-0.4, -0.2) is 24.5 Å². The van der Waals surface area contributed by atoms with Gasteiger partial charge in [-0.3, -0.25) is 9.59 Å². The number of fused-ring (bicyclic) bond motifs is 1. The number of aryl methyl sites for hydroxylation is 1. The van der Waals surface area contributed by atoms with Crippen LogP contribution in [0, 0.1) is 0 Å². The van der Waals surface area contributed by atoms with Crippen LogP contribution in [0.1, 0.15) is 23.1 Å². The van der Waals surface area contributed by atoms with Crippen molar-refractivity contribution in [1.82, 2.24) is 4.98 Å². The van der Waals surface area contributed by atoms with Gasteiger partial charge in [-0.2, -0.15) is 0 Å². The Hall–Kier alpha value is -3.12. The Labute approximate surface area is 171 Å². The Kier molecular flexibility index (Phi) is 5.62. The van der Waals surface area contributed by atoms with Gasteiger partial charge in [0.2, 0.25) is 0 Å². The van der Waals surface area contributed by atoms with Crippen LogP contribution in [0.5, 0.6) is 11.5 Å². The van der Waals surface area contributed by atoms with Crippen molar-refractivity contribution in [3.05, 3.63) is 78.7 Å². The number of methoxy groups -OCH3 is 1. The van der Waals surface area contributed by atoms with E-state index in [-0.39, 0.29) is 17.8 Å². The van der Waals surface area contributed by atoms with E-state index in [2.05, 4.69) is 11.1 Å². The fourth-order valence-corrected chi connectivity index (χ4v) is 4.20. The van der Waals surface area contributed by atoms with Crippen LogP contribution in [0.4, 0.5) is 0 Å². The molecule has 2 heterocycles. The summed E-state index contributed by atoms with van der Waals surface area (Å²) >= 11 is 1.29. The molecule has 0 amide bonds. The number of rotatable bonds is 5. The second-order valence-corrected chi connectivity index (χ2v) is 7.97. The third-order valence-electron chi connectivity index (χ3n) is 4.74. The van der Waals surface area contributed by atoms with Crippen LogP contribution >= 0.6 is 11.3 Å². The van der Waals surface area contributed by atoms with Crippen LogP contribution in [0.2, 0.25) is 0 Å². The first-order valence-corrected chi connectivity index (χ1v) is 10.3. The van der Waals surface area contributed by atoms with Crippen LogP contribution < -0.4 is 24.2 Å². The van der Waals surface area contributed by atoms with Crippen molar-refractivity contribution in [2.75, 3.05) is 13.7 Å². The monoisotopic (exact) mass is 407 g/mol. The minimum absolute atomic E-state index is 0.0647. The van der Waals surface area contributed by atoms with Crippen LogP contribution in [0.15, 0.2) is 47.3 Å². The zero-order valence-corrected chi connectivity index (χ0v) is 16.9. The molecule has 0 radical (unpaired) electrons. The summed E-state index contributed by atoms with van der Waals surface area (Å²) in [5, 5.41) is 0. The van der Waals surface area contributed by atoms with Crippen LogP contribution in [0.3, 0.4) is 0 Å². The number of Topliss-reactive ketones (excluding diaryl/α,β-unsaturated/α-hetero) is 1. The van der Waals surface area contributed by atoms with Crippen molar-refractivity contribution >= 4 is 29.3 Å². The number of ether oxygens (including phenoxy) is 2. The molecule has 0 bridgehead atoms. The zero-order valence-electron chi connectivity index (χ0n) is 16.1. The average molecular weight is 407 g/mol. The van der Waals surface area contributed by atoms with Gasteiger partial charge in [0.1, 0.15) is 11.5 Å². The summed E-state index contributed by atoms with van der Waals surface area (Å²) in [6.45, 7) is 0.754. The molecule has 1 aliphatic heterocycles. The molecule has 1 N–H and O–H groups in total. The number of benzene rings is 2. The van der Waals surface area contributed by atoms with Gasteiger partial charge in [-0.25, -0.2) is 0 Å². The number of ketones is 1. The molecule has 2 aromatic carbocycles. The van der Waals surface area contributed by atoms with Gasteiger partial charge in [-0.1, -0.05) is 18.2 Å². The number of hydrogen-bond acceptors (Lipinski definition) is 5. The lowest BCUT2D eigenvalue weighted by Gasteiger charge is -2.17. The molecule has 6 heteroatoms. The highest BCUT2D eigenvalue weighted by Crippen LogP contribution is 2.25. The largest absolute Gasteiger partial charge is 0.497 e. The van der Waals surface area contributed by atoms with Crippen LogP contribution in [-0.2, 0) is 17.6 Å². The molecule has 0 aliphatic carbocycles. The number of carbonyl (C=O) groups excluding carboxylic acids is 1. The molecule has 3 aromatic rings. The molecular formula is C23H21NO4S. The highest BCUT2D eigenvalue weighted by atomic mass is 32.1. The normalized spacial score (nSPS) is 14.4. The van der Waals surface area contributed by atoms with Gasteiger partial charge in [0.15, 0.2) is 5.78 Å². The summed E-state index contributed by atoms with van der Waals surface area (Å²) in [6.07, 6.45) is 5.61. The first-order chi connectivity index (χ1) is 14.1. The quantitative estimate of drug-likeness (QED) is 0.704. The van der Waals surface area contributed by atoms with Gasteiger partial charge < -0.3 is 14.5 Å². The number of H-pyrrole nitrogens is 1. The fourth-order valence-electron chi connectivity index (χ4n) is 3.29. The van der Waals surface area contributed by atoms with E-state index in [4.69, 9.17) is 9.47 Å². The van der Waals surface area contributed by atoms with Crippen molar-refractivity contribution in [2.24, 2.45) is 0 Å². The summed E-state index contributed by atoms with van der Waals surface area (Å²) in [6, 6.07) is 13.3. The van der Waals surface area contributed by atoms with Gasteiger partial charge in [0.05, 0.1) is 22.9 Å². The van der Waals surface area contributed by atoms with E-state index in [0.717, 1.165) is 42.1 Å². The fraction of sp³-hybridized carbons (Fsp3) is 0.217. The van der Waals surface area contributed by atoms with Crippen molar-refractivity contribution in [2.45, 2.75) is 19.3 Å². The maximum Gasteiger partial charge on any atom is 0.266 e. The molecule has 1 aliphatic rings. The third-order valence-corrected chi connectivity index (χ3v) is 5.70. The van der Waals surface area contributed by atoms with E-state index in [1.807, 2.05) is 42.5 Å². The molecule has 0 saturated heterocycles. The van der Waals surface area contributed by atoms with E-state index in [9.17, 15) is 9.59 Å². The molecule has 1 aromatic heterocycles. The molecule has 0 saturated carbocycles. The molecule has 148 valence electrons. The summed E-state index contributed by atoms with van der Waals surface area (Å²) in [7, 11) is 1.60. The van der Waals surface area contributed by atoms with Crippen molar-refractivity contribution in [1.29, 1.82) is 0 Å². The number of aromatic amines is 1. The lowest BCUT2D eigenvalue weighted by Crippen LogP contribution is -2.20. The molecule has 0 atom stereocenters. The van der Waals surface area contributed by atoms with E-state index < -0.39 is 0 Å². The third kappa shape index (κ3) is 4.66. The first kappa shape index (κ1) is 19.2. The number of thiazole rings is 1. The standard InChI is InChI=1S/C23H21NO4S/c1-27-19-7-4-15(5-8-19)12-18(25)14-22-24-23(26)21(29-22)13-16-6-9-20-17(11-16)3-2-10-28-20/h4-9,11,13-14H,2-3,10,12H2,1H3,(H,24,26)/b21-13-,22-14+. The van der Waals surface area contributed by atoms with Gasteiger partial charge >= 0.3 is 0 Å². The molecule has 5 nitrogen and oxygen atoms in total. The Morgan fingerprint density at radius 1 is 1.24 bits per heavy atom. The van der Waals surface area contributed by atoms with Gasteiger partial charge in [0.25, 0.3) is 5.56 Å². The zero-order chi connectivity index (χ0) is 20.2. The maximum atomic E-state index is 12.3. The minimum Gasteiger partial charge on any atom is -0.497 e. The summed E-state index contributed by atoms with van der Waals surface area (Å²) < 4.78 is 11.9. The summed E-state index contributed by atoms with van der Waals surface area (Å²) in [5.41, 5.74) is 2.83. The summed E-state index contributed by atoms with van der Waals surface area (Å²) in [4.78, 5) is 27.4. The second-order valence-electron chi connectivity index (χ2n) is 6.88. The number of nitrogens with one attached hydrogen (secondary N) is 1. The number of aromatic nitrogens is 1. The molecule has 0 unspecified atom stereocenters. The molecular weight excluding hydrogens is 386 g/mol. The second kappa shape index (κ2) is 8.49. The number of hydrogen-bond donors (Lipinski definition) is 1. The van der Waals surface area contributed by atoms with Gasteiger partial charge in [0, 0.05) is 12.5 Å². The highest BCUT2D eigenvalue weighted by Gasteiger charge is 2.10. The van der Waals surface area contributed by atoms with Crippen molar-refractivity contribution in [3.63, 3.8) is 0 Å². The predicted molar refractivity (Wildman–Crippen MR) is 114 cm³/mol.